The van der Waals surface area contributed by atoms with Crippen LogP contribution in [0.25, 0.3) is 0 Å². The third kappa shape index (κ3) is 5.27. The van der Waals surface area contributed by atoms with Crippen molar-refractivity contribution in [2.75, 3.05) is 38.7 Å². The number of nitrogens with zero attached hydrogens (tertiary/aromatic N) is 1. The monoisotopic (exact) mass is 259 g/mol. The van der Waals surface area contributed by atoms with Crippen molar-refractivity contribution in [1.29, 1.82) is 0 Å². The number of amides is 1. The molecule has 1 atom stereocenters. The van der Waals surface area contributed by atoms with Crippen molar-refractivity contribution < 1.29 is 4.79 Å². The molecule has 1 saturated heterocycles. The zero-order chi connectivity index (χ0) is 12.9. The van der Waals surface area contributed by atoms with E-state index in [0.29, 0.717) is 19.0 Å². The van der Waals surface area contributed by atoms with Crippen LogP contribution in [0.4, 0.5) is 0 Å². The molecular weight excluding hydrogens is 234 g/mol. The summed E-state index contributed by atoms with van der Waals surface area (Å²) in [6.45, 7) is 5.97. The minimum absolute atomic E-state index is 0.00437. The highest BCUT2D eigenvalue weighted by atomic mass is 32.2. The fourth-order valence-corrected chi connectivity index (χ4v) is 2.47. The van der Waals surface area contributed by atoms with Crippen LogP contribution in [0.2, 0.25) is 0 Å². The van der Waals surface area contributed by atoms with Crippen LogP contribution < -0.4 is 10.6 Å². The van der Waals surface area contributed by atoms with E-state index in [-0.39, 0.29) is 11.4 Å². The third-order valence-electron chi connectivity index (χ3n) is 3.36. The van der Waals surface area contributed by atoms with E-state index in [1.54, 1.807) is 0 Å². The number of likely N-dealkylation sites (N-methyl/N-ethyl adjacent to an activating group) is 1. The van der Waals surface area contributed by atoms with Gasteiger partial charge in [-0.25, -0.2) is 0 Å². The maximum atomic E-state index is 11.8. The molecule has 0 saturated carbocycles. The van der Waals surface area contributed by atoms with Gasteiger partial charge in [-0.3, -0.25) is 4.79 Å². The molecule has 0 bridgehead atoms. The number of hydrogen-bond donors (Lipinski definition) is 2. The van der Waals surface area contributed by atoms with Gasteiger partial charge >= 0.3 is 0 Å². The summed E-state index contributed by atoms with van der Waals surface area (Å²) in [7, 11) is 4.07. The molecule has 0 radical (unpaired) electrons. The van der Waals surface area contributed by atoms with Crippen LogP contribution in [-0.2, 0) is 4.79 Å². The second-order valence-electron chi connectivity index (χ2n) is 5.41. The first-order chi connectivity index (χ1) is 7.92. The average Bonchev–Trinajstić information content (AvgIpc) is 2.28. The van der Waals surface area contributed by atoms with E-state index in [1.165, 1.54) is 0 Å². The summed E-state index contributed by atoms with van der Waals surface area (Å²) in [4.78, 5) is 13.9. The Kier molecular flexibility index (Phi) is 5.76. The van der Waals surface area contributed by atoms with Crippen molar-refractivity contribution in [3.8, 4) is 0 Å². The van der Waals surface area contributed by atoms with Gasteiger partial charge in [0, 0.05) is 42.6 Å². The summed E-state index contributed by atoms with van der Waals surface area (Å²) in [5.74, 6) is 2.36. The van der Waals surface area contributed by atoms with Gasteiger partial charge in [0.2, 0.25) is 5.91 Å². The molecule has 1 unspecified atom stereocenters. The molecule has 17 heavy (non-hydrogen) atoms. The lowest BCUT2D eigenvalue weighted by atomic mass is 10.0. The third-order valence-corrected chi connectivity index (χ3v) is 4.49. The van der Waals surface area contributed by atoms with Gasteiger partial charge in [-0.15, -0.1) is 0 Å². The summed E-state index contributed by atoms with van der Waals surface area (Å²) >= 11 is 1.92. The van der Waals surface area contributed by atoms with E-state index in [4.69, 9.17) is 0 Å². The summed E-state index contributed by atoms with van der Waals surface area (Å²) in [6, 6.07) is 0.344. The fraction of sp³-hybridized carbons (Fsp3) is 0.917. The standard InChI is InChI=1S/C12H25N3OS/c1-12(2,15(3)4)9-14-11(16)7-10-8-17-6-5-13-10/h10,13H,5-9H2,1-4H3,(H,14,16). The zero-order valence-corrected chi connectivity index (χ0v) is 12.2. The second kappa shape index (κ2) is 6.61. The molecule has 4 nitrogen and oxygen atoms in total. The molecule has 1 amide bonds. The number of carbonyl (C=O) groups excluding carboxylic acids is 1. The number of rotatable bonds is 5. The highest BCUT2D eigenvalue weighted by Crippen LogP contribution is 2.11. The van der Waals surface area contributed by atoms with E-state index in [9.17, 15) is 4.79 Å². The maximum absolute atomic E-state index is 11.8. The van der Waals surface area contributed by atoms with Gasteiger partial charge in [0.1, 0.15) is 0 Å². The van der Waals surface area contributed by atoms with Crippen LogP contribution in [0.3, 0.4) is 0 Å². The van der Waals surface area contributed by atoms with E-state index in [0.717, 1.165) is 18.1 Å². The minimum Gasteiger partial charge on any atom is -0.354 e. The van der Waals surface area contributed by atoms with Crippen LogP contribution in [-0.4, -0.2) is 61.1 Å². The lowest BCUT2D eigenvalue weighted by molar-refractivity contribution is -0.122. The Hall–Kier alpha value is -0.260. The molecule has 1 heterocycles. The number of thioether (sulfide) groups is 1. The van der Waals surface area contributed by atoms with Crippen molar-refractivity contribution >= 4 is 17.7 Å². The van der Waals surface area contributed by atoms with Crippen LogP contribution >= 0.6 is 11.8 Å². The normalized spacial score (nSPS) is 21.6. The second-order valence-corrected chi connectivity index (χ2v) is 6.56. The first kappa shape index (κ1) is 14.8. The molecule has 0 spiro atoms. The molecule has 2 N–H and O–H groups in total. The molecule has 1 aliphatic rings. The van der Waals surface area contributed by atoms with Crippen molar-refractivity contribution in [3.63, 3.8) is 0 Å². The molecule has 100 valence electrons. The van der Waals surface area contributed by atoms with Crippen LogP contribution in [0.15, 0.2) is 0 Å². The molecule has 0 aliphatic carbocycles. The van der Waals surface area contributed by atoms with Crippen LogP contribution in [0.5, 0.6) is 0 Å². The van der Waals surface area contributed by atoms with Gasteiger partial charge in [-0.05, 0) is 27.9 Å². The van der Waals surface area contributed by atoms with Crippen molar-refractivity contribution in [2.45, 2.75) is 31.8 Å². The van der Waals surface area contributed by atoms with Gasteiger partial charge in [-0.2, -0.15) is 11.8 Å². The molecule has 0 aromatic carbocycles. The first-order valence-electron chi connectivity index (χ1n) is 6.17. The van der Waals surface area contributed by atoms with E-state index in [2.05, 4.69) is 29.4 Å². The smallest absolute Gasteiger partial charge is 0.221 e. The molecule has 0 aromatic heterocycles. The molecular formula is C12H25N3OS. The Morgan fingerprint density at radius 2 is 2.24 bits per heavy atom. The molecule has 0 aromatic rings. The molecule has 5 heteroatoms. The average molecular weight is 259 g/mol. The highest BCUT2D eigenvalue weighted by molar-refractivity contribution is 7.99. The molecule has 1 rings (SSSR count). The van der Waals surface area contributed by atoms with Gasteiger partial charge in [0.15, 0.2) is 0 Å². The van der Waals surface area contributed by atoms with Gasteiger partial charge in [0.05, 0.1) is 0 Å². The number of hydrogen-bond acceptors (Lipinski definition) is 4. The maximum Gasteiger partial charge on any atom is 0.221 e. The summed E-state index contributed by atoms with van der Waals surface area (Å²) < 4.78 is 0. The fourth-order valence-electron chi connectivity index (χ4n) is 1.52. The van der Waals surface area contributed by atoms with Crippen LogP contribution in [0, 0.1) is 0 Å². The van der Waals surface area contributed by atoms with E-state index in [1.807, 2.05) is 25.9 Å². The molecule has 1 fully saturated rings. The predicted molar refractivity (Wildman–Crippen MR) is 74.5 cm³/mol. The van der Waals surface area contributed by atoms with E-state index >= 15 is 0 Å². The number of carbonyl (C=O) groups is 1. The predicted octanol–water partition coefficient (Wildman–Crippen LogP) is 0.538. The Bertz CT molecular complexity index is 250. The van der Waals surface area contributed by atoms with E-state index < -0.39 is 0 Å². The van der Waals surface area contributed by atoms with Gasteiger partial charge < -0.3 is 15.5 Å². The van der Waals surface area contributed by atoms with Gasteiger partial charge in [-0.1, -0.05) is 0 Å². The van der Waals surface area contributed by atoms with Crippen LogP contribution in [0.1, 0.15) is 20.3 Å². The first-order valence-corrected chi connectivity index (χ1v) is 7.32. The Balaban J connectivity index is 2.25. The zero-order valence-electron chi connectivity index (χ0n) is 11.4. The summed E-state index contributed by atoms with van der Waals surface area (Å²) in [5, 5.41) is 6.40. The lowest BCUT2D eigenvalue weighted by Crippen LogP contribution is -2.49. The topological polar surface area (TPSA) is 44.4 Å². The highest BCUT2D eigenvalue weighted by Gasteiger charge is 2.22. The summed E-state index contributed by atoms with van der Waals surface area (Å²) in [5.41, 5.74) is 0.00437. The SMILES string of the molecule is CN(C)C(C)(C)CNC(=O)CC1CSCCN1. The van der Waals surface area contributed by atoms with Crippen molar-refractivity contribution in [3.05, 3.63) is 0 Å². The largest absolute Gasteiger partial charge is 0.354 e. The lowest BCUT2D eigenvalue weighted by Gasteiger charge is -2.33. The number of nitrogens with one attached hydrogen (secondary N) is 2. The van der Waals surface area contributed by atoms with Gasteiger partial charge in [0.25, 0.3) is 0 Å². The quantitative estimate of drug-likeness (QED) is 0.756. The Labute approximate surface area is 109 Å². The molecule has 1 aliphatic heterocycles. The van der Waals surface area contributed by atoms with Crippen molar-refractivity contribution in [1.82, 2.24) is 15.5 Å². The Morgan fingerprint density at radius 3 is 2.76 bits per heavy atom. The minimum atomic E-state index is 0.00437. The Morgan fingerprint density at radius 1 is 1.53 bits per heavy atom. The van der Waals surface area contributed by atoms with Crippen molar-refractivity contribution in [2.24, 2.45) is 0 Å². The summed E-state index contributed by atoms with van der Waals surface area (Å²) in [6.07, 6.45) is 0.594.